The van der Waals surface area contributed by atoms with Crippen LogP contribution in [0.25, 0.3) is 11.1 Å². The molecule has 0 spiro atoms. The first kappa shape index (κ1) is 28.7. The number of aliphatic hydroxyl groups excluding tert-OH is 1. The van der Waals surface area contributed by atoms with Gasteiger partial charge in [0.25, 0.3) is 5.92 Å². The molecule has 4 rings (SSSR count). The Morgan fingerprint density at radius 3 is 2.59 bits per heavy atom. The zero-order chi connectivity index (χ0) is 28.4. The van der Waals surface area contributed by atoms with Crippen LogP contribution in [0.5, 0.6) is 5.88 Å². The highest BCUT2D eigenvalue weighted by Crippen LogP contribution is 2.43. The van der Waals surface area contributed by atoms with Gasteiger partial charge in [-0.15, -0.1) is 0 Å². The molecule has 0 bridgehead atoms. The van der Waals surface area contributed by atoms with Gasteiger partial charge in [-0.25, -0.2) is 18.0 Å². The van der Waals surface area contributed by atoms with Gasteiger partial charge in [-0.1, -0.05) is 0 Å². The van der Waals surface area contributed by atoms with Crippen LogP contribution in [-0.2, 0) is 4.74 Å². The van der Waals surface area contributed by atoms with Crippen molar-refractivity contribution in [3.05, 3.63) is 35.6 Å². The molecule has 14 heteroatoms. The summed E-state index contributed by atoms with van der Waals surface area (Å²) in [4.78, 5) is 19.8. The minimum Gasteiger partial charge on any atom is -0.475 e. The smallest absolute Gasteiger partial charge is 0.399 e. The summed E-state index contributed by atoms with van der Waals surface area (Å²) in [5.41, 5.74) is 1.16. The molecule has 2 saturated heterocycles. The van der Waals surface area contributed by atoms with E-state index in [4.69, 9.17) is 14.6 Å². The number of nitrogens with zero attached hydrogens (tertiary/aromatic N) is 3. The molecule has 39 heavy (non-hydrogen) atoms. The maximum absolute atomic E-state index is 14.9. The van der Waals surface area contributed by atoms with Gasteiger partial charge in [-0.3, -0.25) is 0 Å². The first-order valence-electron chi connectivity index (χ1n) is 12.3. The van der Waals surface area contributed by atoms with Crippen LogP contribution in [0.1, 0.15) is 12.0 Å². The third-order valence-corrected chi connectivity index (χ3v) is 6.64. The fourth-order valence-electron chi connectivity index (χ4n) is 4.53. The number of aryl methyl sites for hydroxylation is 1. The molecule has 2 aromatic rings. The third kappa shape index (κ3) is 6.67. The summed E-state index contributed by atoms with van der Waals surface area (Å²) >= 11 is 0. The number of aliphatic hydroxyl groups is 1. The lowest BCUT2D eigenvalue weighted by Gasteiger charge is -2.38. The van der Waals surface area contributed by atoms with E-state index >= 15 is 0 Å². The van der Waals surface area contributed by atoms with E-state index in [1.807, 2.05) is 4.90 Å². The molecule has 2 fully saturated rings. The van der Waals surface area contributed by atoms with Crippen molar-refractivity contribution in [2.75, 3.05) is 62.8 Å². The summed E-state index contributed by atoms with van der Waals surface area (Å²) in [6, 6.07) is 4.66. The van der Waals surface area contributed by atoms with E-state index in [0.29, 0.717) is 53.7 Å². The lowest BCUT2D eigenvalue weighted by atomic mass is 9.93. The average molecular weight is 563 g/mol. The van der Waals surface area contributed by atoms with Crippen molar-refractivity contribution in [2.24, 2.45) is 5.92 Å². The molecule has 1 atom stereocenters. The normalized spacial score (nSPS) is 19.6. The Hall–Kier alpha value is -3.26. The molecule has 2 amide bonds. The van der Waals surface area contributed by atoms with Crippen molar-refractivity contribution in [1.82, 2.24) is 9.88 Å². The molecule has 8 nitrogen and oxygen atoms in total. The highest BCUT2D eigenvalue weighted by molar-refractivity contribution is 5.91. The second-order valence-electron chi connectivity index (χ2n) is 9.35. The monoisotopic (exact) mass is 562 g/mol. The quantitative estimate of drug-likeness (QED) is 0.506. The number of likely N-dealkylation sites (tertiary alicyclic amines) is 1. The number of alkyl halides is 5. The van der Waals surface area contributed by atoms with Crippen LogP contribution in [0.3, 0.4) is 0 Å². The molecule has 1 unspecified atom stereocenters. The zero-order valence-electron chi connectivity index (χ0n) is 21.0. The van der Waals surface area contributed by atoms with E-state index < -0.39 is 49.4 Å². The van der Waals surface area contributed by atoms with Crippen molar-refractivity contribution in [1.29, 1.82) is 0 Å². The number of ether oxygens (including phenoxy) is 2. The van der Waals surface area contributed by atoms with Crippen LogP contribution in [0.4, 0.5) is 42.6 Å². The summed E-state index contributed by atoms with van der Waals surface area (Å²) < 4.78 is 93.1. The molecular formula is C25H28F6N4O4. The van der Waals surface area contributed by atoms with Gasteiger partial charge in [0.1, 0.15) is 24.2 Å². The van der Waals surface area contributed by atoms with Crippen molar-refractivity contribution in [3.63, 3.8) is 0 Å². The number of morpholine rings is 1. The maximum atomic E-state index is 14.9. The second kappa shape index (κ2) is 11.5. The molecule has 0 radical (unpaired) electrons. The molecule has 3 heterocycles. The first-order valence-corrected chi connectivity index (χ1v) is 12.3. The number of rotatable bonds is 6. The number of carbonyl (C=O) groups excluding carboxylic acids is 1. The number of carbonyl (C=O) groups is 1. The number of anilines is 2. The average Bonchev–Trinajstić information content (AvgIpc) is 2.88. The van der Waals surface area contributed by atoms with Crippen LogP contribution >= 0.6 is 0 Å². The number of pyridine rings is 1. The first-order chi connectivity index (χ1) is 18.4. The molecule has 1 aromatic heterocycles. The predicted molar refractivity (Wildman–Crippen MR) is 130 cm³/mol. The van der Waals surface area contributed by atoms with Crippen LogP contribution in [0, 0.1) is 18.7 Å². The van der Waals surface area contributed by atoms with Gasteiger partial charge < -0.3 is 29.7 Å². The number of benzene rings is 1. The molecule has 2 aliphatic rings. The lowest BCUT2D eigenvalue weighted by Crippen LogP contribution is -2.55. The number of hydrogen-bond acceptors (Lipinski definition) is 6. The van der Waals surface area contributed by atoms with Crippen LogP contribution in [0.2, 0.25) is 0 Å². The highest BCUT2D eigenvalue weighted by atomic mass is 19.4. The highest BCUT2D eigenvalue weighted by Gasteiger charge is 2.58. The Labute approximate surface area is 220 Å². The Morgan fingerprint density at radius 1 is 1.21 bits per heavy atom. The Balaban J connectivity index is 1.62. The van der Waals surface area contributed by atoms with E-state index in [-0.39, 0.29) is 24.8 Å². The number of nitrogens with one attached hydrogen (secondary N) is 1. The van der Waals surface area contributed by atoms with Crippen LogP contribution < -0.4 is 15.0 Å². The predicted octanol–water partition coefficient (Wildman–Crippen LogP) is 4.46. The van der Waals surface area contributed by atoms with E-state index in [0.717, 1.165) is 6.07 Å². The SMILES string of the molecule is Cc1cc(F)c(NC(=O)N2CCC(F)(F)C(C(F)(F)F)C2)cc1-c1cc(OCCO)nc(N2CCOCC2)c1. The van der Waals surface area contributed by atoms with Crippen LogP contribution in [-0.4, -0.2) is 85.7 Å². The van der Waals surface area contributed by atoms with Gasteiger partial charge in [0.05, 0.1) is 25.5 Å². The Morgan fingerprint density at radius 2 is 1.92 bits per heavy atom. The van der Waals surface area contributed by atoms with Crippen LogP contribution in [0.15, 0.2) is 24.3 Å². The molecule has 0 saturated carbocycles. The van der Waals surface area contributed by atoms with Gasteiger partial charge in [0.15, 0.2) is 0 Å². The van der Waals surface area contributed by atoms with Crippen molar-refractivity contribution in [3.8, 4) is 17.0 Å². The molecular weight excluding hydrogens is 534 g/mol. The largest absolute Gasteiger partial charge is 0.475 e. The van der Waals surface area contributed by atoms with Gasteiger partial charge in [0.2, 0.25) is 5.88 Å². The van der Waals surface area contributed by atoms with Crippen molar-refractivity contribution in [2.45, 2.75) is 25.4 Å². The second-order valence-corrected chi connectivity index (χ2v) is 9.35. The summed E-state index contributed by atoms with van der Waals surface area (Å²) in [5, 5.41) is 11.4. The Bertz CT molecular complexity index is 1190. The maximum Gasteiger partial charge on any atom is 0.399 e. The van der Waals surface area contributed by atoms with Gasteiger partial charge in [0, 0.05) is 38.7 Å². The van der Waals surface area contributed by atoms with Gasteiger partial charge >= 0.3 is 12.2 Å². The van der Waals surface area contributed by atoms with Gasteiger partial charge in [-0.05, 0) is 41.8 Å². The van der Waals surface area contributed by atoms with Gasteiger partial charge in [-0.2, -0.15) is 18.2 Å². The number of urea groups is 1. The fourth-order valence-corrected chi connectivity index (χ4v) is 4.53. The summed E-state index contributed by atoms with van der Waals surface area (Å²) in [7, 11) is 0. The summed E-state index contributed by atoms with van der Waals surface area (Å²) in [6.45, 7) is 1.60. The van der Waals surface area contributed by atoms with E-state index in [1.165, 1.54) is 6.07 Å². The van der Waals surface area contributed by atoms with Crippen molar-refractivity contribution < 1.29 is 45.7 Å². The summed E-state index contributed by atoms with van der Waals surface area (Å²) in [5.74, 6) is -7.13. The zero-order valence-corrected chi connectivity index (χ0v) is 21.0. The van der Waals surface area contributed by atoms with E-state index in [2.05, 4.69) is 10.3 Å². The molecule has 0 aliphatic carbocycles. The van der Waals surface area contributed by atoms with E-state index in [9.17, 15) is 31.1 Å². The number of amides is 2. The van der Waals surface area contributed by atoms with E-state index in [1.54, 1.807) is 19.1 Å². The standard InChI is InChI=1S/C25H28F6N4O4/c1-15-10-18(26)19(32-23(37)35-3-2-24(27,28)20(14-35)25(29,30)31)13-17(15)16-11-21(34-4-7-38-8-5-34)33-22(12-16)39-9-6-36/h10-13,20,36H,2-9,14H2,1H3,(H,32,37). The minimum atomic E-state index is -5.21. The van der Waals surface area contributed by atoms with Crippen molar-refractivity contribution >= 4 is 17.5 Å². The molecule has 1 aromatic carbocycles. The number of halogens is 6. The topological polar surface area (TPSA) is 87.2 Å². The fraction of sp³-hybridized carbons (Fsp3) is 0.520. The number of hydrogen-bond donors (Lipinski definition) is 2. The number of aromatic nitrogens is 1. The number of piperidine rings is 1. The molecule has 214 valence electrons. The minimum absolute atomic E-state index is 0.0173. The Kier molecular flexibility index (Phi) is 8.45. The molecule has 2 aliphatic heterocycles. The summed E-state index contributed by atoms with van der Waals surface area (Å²) in [6.07, 6.45) is -6.37. The lowest BCUT2D eigenvalue weighted by molar-refractivity contribution is -0.254. The molecule has 2 N–H and O–H groups in total. The third-order valence-electron chi connectivity index (χ3n) is 6.64.